The van der Waals surface area contributed by atoms with Gasteiger partial charge in [-0.25, -0.2) is 4.99 Å². The van der Waals surface area contributed by atoms with Crippen LogP contribution in [0.2, 0.25) is 0 Å². The van der Waals surface area contributed by atoms with E-state index in [4.69, 9.17) is 4.74 Å². The Kier molecular flexibility index (Phi) is 6.00. The number of rotatable bonds is 6. The van der Waals surface area contributed by atoms with Crippen LogP contribution in [0.1, 0.15) is 30.1 Å². The van der Waals surface area contributed by atoms with Crippen molar-refractivity contribution in [3.05, 3.63) is 47.5 Å². The number of aliphatic imine (C=N–C) groups is 1. The van der Waals surface area contributed by atoms with Crippen molar-refractivity contribution in [1.82, 2.24) is 25.4 Å². The fourth-order valence-corrected chi connectivity index (χ4v) is 2.71. The summed E-state index contributed by atoms with van der Waals surface area (Å²) in [6.07, 6.45) is 2.50. The third-order valence-corrected chi connectivity index (χ3v) is 4.38. The predicted octanol–water partition coefficient (Wildman–Crippen LogP) is 1.54. The molecular formula is C18H26N6O. The van der Waals surface area contributed by atoms with Crippen molar-refractivity contribution in [2.24, 2.45) is 12.0 Å². The van der Waals surface area contributed by atoms with Gasteiger partial charge in [0.25, 0.3) is 0 Å². The molecule has 0 spiro atoms. The van der Waals surface area contributed by atoms with Crippen molar-refractivity contribution >= 4 is 5.96 Å². The molecule has 1 atom stereocenters. The Bertz CT molecular complexity index is 691. The number of guanidine groups is 1. The van der Waals surface area contributed by atoms with Gasteiger partial charge in [-0.15, -0.1) is 10.2 Å². The van der Waals surface area contributed by atoms with E-state index >= 15 is 0 Å². The summed E-state index contributed by atoms with van der Waals surface area (Å²) < 4.78 is 7.65. The van der Waals surface area contributed by atoms with Gasteiger partial charge in [0.05, 0.1) is 19.2 Å². The predicted molar refractivity (Wildman–Crippen MR) is 97.1 cm³/mol. The monoisotopic (exact) mass is 342 g/mol. The topological polar surface area (TPSA) is 76.4 Å². The Morgan fingerprint density at radius 2 is 2.12 bits per heavy atom. The molecule has 1 aliphatic rings. The molecule has 1 saturated heterocycles. The van der Waals surface area contributed by atoms with Crippen molar-refractivity contribution < 1.29 is 4.74 Å². The minimum Gasteiger partial charge on any atom is -0.376 e. The van der Waals surface area contributed by atoms with Crippen LogP contribution in [0.5, 0.6) is 0 Å². The molecule has 7 nitrogen and oxygen atoms in total. The van der Waals surface area contributed by atoms with E-state index in [1.54, 1.807) is 0 Å². The highest BCUT2D eigenvalue weighted by atomic mass is 16.5. The highest BCUT2D eigenvalue weighted by molar-refractivity contribution is 5.79. The Morgan fingerprint density at radius 1 is 1.28 bits per heavy atom. The first-order valence-electron chi connectivity index (χ1n) is 8.75. The molecule has 0 saturated carbocycles. The first kappa shape index (κ1) is 17.4. The fourth-order valence-electron chi connectivity index (χ4n) is 2.71. The summed E-state index contributed by atoms with van der Waals surface area (Å²) in [6.45, 7) is 4.76. The lowest BCUT2D eigenvalue weighted by Gasteiger charge is -2.15. The van der Waals surface area contributed by atoms with Gasteiger partial charge < -0.3 is 19.9 Å². The molecule has 1 aromatic heterocycles. The van der Waals surface area contributed by atoms with Crippen LogP contribution < -0.4 is 10.6 Å². The largest absolute Gasteiger partial charge is 0.376 e. The number of hydrogen-bond acceptors (Lipinski definition) is 4. The number of ether oxygens (including phenoxy) is 1. The average Bonchev–Trinajstić information content (AvgIpc) is 3.27. The standard InChI is InChI=1S/C18H26N6O/c1-14-22-23-17(24(14)2)13-21-18(20-12-16-9-6-10-25-16)19-11-15-7-4-3-5-8-15/h3-5,7-8,16H,6,9-13H2,1-2H3,(H2,19,20,21). The lowest BCUT2D eigenvalue weighted by atomic mass is 10.2. The fraction of sp³-hybridized carbons (Fsp3) is 0.500. The van der Waals surface area contributed by atoms with Gasteiger partial charge in [-0.3, -0.25) is 0 Å². The first-order valence-corrected chi connectivity index (χ1v) is 8.75. The van der Waals surface area contributed by atoms with E-state index in [0.717, 1.165) is 43.6 Å². The highest BCUT2D eigenvalue weighted by Gasteiger charge is 2.16. The summed E-state index contributed by atoms with van der Waals surface area (Å²) in [6, 6.07) is 10.2. The Labute approximate surface area is 148 Å². The summed E-state index contributed by atoms with van der Waals surface area (Å²) >= 11 is 0. The maximum Gasteiger partial charge on any atom is 0.192 e. The summed E-state index contributed by atoms with van der Waals surface area (Å²) in [5.74, 6) is 2.54. The maximum atomic E-state index is 5.68. The molecule has 3 rings (SSSR count). The molecule has 25 heavy (non-hydrogen) atoms. The zero-order valence-electron chi connectivity index (χ0n) is 14.9. The molecule has 1 aromatic carbocycles. The number of nitrogens with zero attached hydrogens (tertiary/aromatic N) is 4. The molecule has 2 N–H and O–H groups in total. The van der Waals surface area contributed by atoms with E-state index in [-0.39, 0.29) is 6.10 Å². The third kappa shape index (κ3) is 5.03. The van der Waals surface area contributed by atoms with Crippen LogP contribution in [0.3, 0.4) is 0 Å². The van der Waals surface area contributed by atoms with E-state index in [2.05, 4.69) is 38.0 Å². The van der Waals surface area contributed by atoms with Gasteiger partial charge in [0.2, 0.25) is 0 Å². The number of aromatic nitrogens is 3. The molecule has 0 bridgehead atoms. The molecule has 134 valence electrons. The van der Waals surface area contributed by atoms with Gasteiger partial charge in [0.15, 0.2) is 11.8 Å². The van der Waals surface area contributed by atoms with Crippen molar-refractivity contribution in [1.29, 1.82) is 0 Å². The highest BCUT2D eigenvalue weighted by Crippen LogP contribution is 2.10. The second-order valence-corrected chi connectivity index (χ2v) is 6.24. The molecule has 0 amide bonds. The van der Waals surface area contributed by atoms with Crippen LogP contribution in [0.4, 0.5) is 0 Å². The number of benzene rings is 1. The second-order valence-electron chi connectivity index (χ2n) is 6.24. The van der Waals surface area contributed by atoms with Gasteiger partial charge >= 0.3 is 0 Å². The molecule has 2 aromatic rings. The first-order chi connectivity index (χ1) is 12.2. The quantitative estimate of drug-likeness (QED) is 0.615. The van der Waals surface area contributed by atoms with Crippen LogP contribution in [-0.4, -0.2) is 40.0 Å². The van der Waals surface area contributed by atoms with E-state index < -0.39 is 0 Å². The van der Waals surface area contributed by atoms with Crippen molar-refractivity contribution in [3.8, 4) is 0 Å². The minimum absolute atomic E-state index is 0.265. The van der Waals surface area contributed by atoms with Gasteiger partial charge in [0, 0.05) is 20.2 Å². The summed E-state index contributed by atoms with van der Waals surface area (Å²) in [5, 5.41) is 15.0. The lowest BCUT2D eigenvalue weighted by molar-refractivity contribution is 0.113. The lowest BCUT2D eigenvalue weighted by Crippen LogP contribution is -2.41. The van der Waals surface area contributed by atoms with Gasteiger partial charge in [-0.05, 0) is 25.3 Å². The minimum atomic E-state index is 0.265. The number of aryl methyl sites for hydroxylation is 1. The average molecular weight is 342 g/mol. The maximum absolute atomic E-state index is 5.68. The Morgan fingerprint density at radius 3 is 2.80 bits per heavy atom. The number of hydrogen-bond donors (Lipinski definition) is 2. The van der Waals surface area contributed by atoms with Gasteiger partial charge in [-0.1, -0.05) is 30.3 Å². The van der Waals surface area contributed by atoms with Crippen LogP contribution in [-0.2, 0) is 24.9 Å². The van der Waals surface area contributed by atoms with Crippen LogP contribution in [0.15, 0.2) is 35.3 Å². The zero-order chi connectivity index (χ0) is 17.5. The third-order valence-electron chi connectivity index (χ3n) is 4.38. The van der Waals surface area contributed by atoms with E-state index in [1.165, 1.54) is 5.56 Å². The van der Waals surface area contributed by atoms with Gasteiger partial charge in [0.1, 0.15) is 5.82 Å². The summed E-state index contributed by atoms with van der Waals surface area (Å²) in [7, 11) is 1.97. The van der Waals surface area contributed by atoms with Gasteiger partial charge in [-0.2, -0.15) is 0 Å². The van der Waals surface area contributed by atoms with Crippen molar-refractivity contribution in [2.75, 3.05) is 13.2 Å². The molecule has 0 aliphatic carbocycles. The Balaban J connectivity index is 1.61. The molecule has 2 heterocycles. The molecule has 1 unspecified atom stereocenters. The normalized spacial score (nSPS) is 17.7. The molecule has 7 heteroatoms. The van der Waals surface area contributed by atoms with E-state index in [9.17, 15) is 0 Å². The zero-order valence-corrected chi connectivity index (χ0v) is 14.9. The second kappa shape index (κ2) is 8.62. The molecule has 1 aliphatic heterocycles. The smallest absolute Gasteiger partial charge is 0.192 e. The Hall–Kier alpha value is -2.41. The summed E-state index contributed by atoms with van der Waals surface area (Å²) in [4.78, 5) is 4.69. The molecule has 0 radical (unpaired) electrons. The van der Waals surface area contributed by atoms with Crippen LogP contribution in [0.25, 0.3) is 0 Å². The SMILES string of the molecule is Cc1nnc(CNC(=NCc2ccccc2)NCC2CCCO2)n1C. The summed E-state index contributed by atoms with van der Waals surface area (Å²) in [5.41, 5.74) is 1.18. The van der Waals surface area contributed by atoms with Crippen molar-refractivity contribution in [3.63, 3.8) is 0 Å². The van der Waals surface area contributed by atoms with E-state index in [1.807, 2.05) is 36.7 Å². The van der Waals surface area contributed by atoms with Crippen LogP contribution in [0, 0.1) is 6.92 Å². The molecule has 1 fully saturated rings. The van der Waals surface area contributed by atoms with E-state index in [0.29, 0.717) is 13.1 Å². The number of nitrogens with one attached hydrogen (secondary N) is 2. The van der Waals surface area contributed by atoms with Crippen LogP contribution >= 0.6 is 0 Å². The molecular weight excluding hydrogens is 316 g/mol. The van der Waals surface area contributed by atoms with Crippen molar-refractivity contribution in [2.45, 2.75) is 39.0 Å².